The van der Waals surface area contributed by atoms with Gasteiger partial charge in [-0.05, 0) is 49.6 Å². The Balaban J connectivity index is 1.18. The van der Waals surface area contributed by atoms with Gasteiger partial charge < -0.3 is 14.2 Å². The number of thiazole rings is 1. The quantitative estimate of drug-likeness (QED) is 0.314. The van der Waals surface area contributed by atoms with Gasteiger partial charge in [-0.2, -0.15) is 0 Å². The Labute approximate surface area is 172 Å². The molecule has 0 saturated heterocycles. The largest absolute Gasteiger partial charge is 0.486 e. The Hall–Kier alpha value is -2.93. The first kappa shape index (κ1) is 19.4. The van der Waals surface area contributed by atoms with Gasteiger partial charge in [0.05, 0.1) is 15.2 Å². The summed E-state index contributed by atoms with van der Waals surface area (Å²) in [6, 6.07) is 13.0. The summed E-state index contributed by atoms with van der Waals surface area (Å²) >= 11 is 1.69. The van der Waals surface area contributed by atoms with E-state index in [-0.39, 0.29) is 18.4 Å². The number of hydrogen-bond acceptors (Lipinski definition) is 7. The van der Waals surface area contributed by atoms with E-state index in [1.165, 1.54) is 4.70 Å². The number of aryl methyl sites for hydroxylation is 1. The number of hydrogen-bond donors (Lipinski definition) is 0. The Kier molecular flexibility index (Phi) is 6.05. The summed E-state index contributed by atoms with van der Waals surface area (Å²) in [4.78, 5) is 28.8. The number of fused-ring (bicyclic) bond motifs is 2. The number of rotatable bonds is 8. The van der Waals surface area contributed by atoms with Crippen LogP contribution in [0.2, 0.25) is 0 Å². The van der Waals surface area contributed by atoms with E-state index in [0.717, 1.165) is 23.4 Å². The van der Waals surface area contributed by atoms with Crippen LogP contribution in [0.5, 0.6) is 11.5 Å². The molecular weight excluding hydrogens is 390 g/mol. The smallest absolute Gasteiger partial charge is 0.306 e. The van der Waals surface area contributed by atoms with Gasteiger partial charge in [0.2, 0.25) is 0 Å². The van der Waals surface area contributed by atoms with Crippen molar-refractivity contribution >= 4 is 33.3 Å². The lowest BCUT2D eigenvalue weighted by Crippen LogP contribution is -2.17. The third-order valence-corrected chi connectivity index (χ3v) is 5.68. The highest BCUT2D eigenvalue weighted by Crippen LogP contribution is 2.30. The highest BCUT2D eigenvalue weighted by molar-refractivity contribution is 7.18. The summed E-state index contributed by atoms with van der Waals surface area (Å²) in [6.07, 6.45) is 2.68. The predicted molar refractivity (Wildman–Crippen MR) is 110 cm³/mol. The van der Waals surface area contributed by atoms with Crippen LogP contribution in [0.15, 0.2) is 42.5 Å². The zero-order valence-corrected chi connectivity index (χ0v) is 16.7. The molecule has 2 heterocycles. The molecule has 1 aliphatic heterocycles. The fraction of sp³-hybridized carbons (Fsp3) is 0.318. The fourth-order valence-corrected chi connectivity index (χ4v) is 4.10. The van der Waals surface area contributed by atoms with Gasteiger partial charge in [0, 0.05) is 12.0 Å². The molecule has 0 aliphatic carbocycles. The number of Topliss-reactive ketones (excluding diaryl/α,β-unsaturated/α-hetero) is 1. The lowest BCUT2D eigenvalue weighted by Gasteiger charge is -2.18. The number of ketones is 1. The second-order valence-corrected chi connectivity index (χ2v) is 7.84. The van der Waals surface area contributed by atoms with Crippen molar-refractivity contribution in [1.29, 1.82) is 0 Å². The van der Waals surface area contributed by atoms with Crippen molar-refractivity contribution in [3.05, 3.63) is 53.0 Å². The fourth-order valence-electron chi connectivity index (χ4n) is 3.09. The summed E-state index contributed by atoms with van der Waals surface area (Å²) in [5.41, 5.74) is 1.46. The highest BCUT2D eigenvalue weighted by atomic mass is 32.1. The number of benzene rings is 2. The predicted octanol–water partition coefficient (Wildman–Crippen LogP) is 4.21. The van der Waals surface area contributed by atoms with Crippen LogP contribution in [0.25, 0.3) is 10.2 Å². The van der Waals surface area contributed by atoms with Crippen LogP contribution in [-0.4, -0.2) is 36.6 Å². The van der Waals surface area contributed by atoms with E-state index < -0.39 is 0 Å². The molecular formula is C22H21NO5S. The lowest BCUT2D eigenvalue weighted by atomic mass is 10.1. The molecule has 6 nitrogen and oxygen atoms in total. The molecule has 3 aromatic rings. The molecule has 0 atom stereocenters. The van der Waals surface area contributed by atoms with Crippen molar-refractivity contribution in [2.24, 2.45) is 0 Å². The van der Waals surface area contributed by atoms with E-state index in [1.807, 2.05) is 18.2 Å². The third kappa shape index (κ3) is 4.92. The molecule has 0 amide bonds. The first-order chi connectivity index (χ1) is 14.2. The molecule has 29 heavy (non-hydrogen) atoms. The van der Waals surface area contributed by atoms with Crippen molar-refractivity contribution in [2.45, 2.75) is 25.7 Å². The number of unbranched alkanes of at least 4 members (excludes halogenated alkanes) is 1. The van der Waals surface area contributed by atoms with Gasteiger partial charge >= 0.3 is 5.97 Å². The molecule has 150 valence electrons. The second-order valence-electron chi connectivity index (χ2n) is 6.72. The minimum atomic E-state index is -0.361. The maximum atomic E-state index is 12.3. The first-order valence-corrected chi connectivity index (χ1v) is 10.4. The Morgan fingerprint density at radius 2 is 1.86 bits per heavy atom. The number of esters is 1. The molecule has 7 heteroatoms. The molecule has 0 saturated carbocycles. The number of carbonyl (C=O) groups is 2. The van der Waals surface area contributed by atoms with Crippen LogP contribution < -0.4 is 9.47 Å². The molecule has 0 radical (unpaired) electrons. The molecule has 0 N–H and O–H groups in total. The summed E-state index contributed by atoms with van der Waals surface area (Å²) in [6.45, 7) is 0.684. The van der Waals surface area contributed by atoms with Crippen LogP contribution in [0.1, 0.15) is 34.6 Å². The van der Waals surface area contributed by atoms with Gasteiger partial charge in [0.15, 0.2) is 23.9 Å². The van der Waals surface area contributed by atoms with Gasteiger partial charge in [0.1, 0.15) is 13.2 Å². The zero-order valence-electron chi connectivity index (χ0n) is 15.9. The van der Waals surface area contributed by atoms with Crippen molar-refractivity contribution in [3.63, 3.8) is 0 Å². The van der Waals surface area contributed by atoms with Crippen molar-refractivity contribution in [3.8, 4) is 11.5 Å². The molecule has 0 fully saturated rings. The van der Waals surface area contributed by atoms with Crippen LogP contribution in [0.3, 0.4) is 0 Å². The van der Waals surface area contributed by atoms with Gasteiger partial charge in [0.25, 0.3) is 0 Å². The molecule has 1 aromatic heterocycles. The number of carbonyl (C=O) groups excluding carboxylic acids is 2. The maximum Gasteiger partial charge on any atom is 0.306 e. The SMILES string of the molecule is O=C(CCCCc1nc2ccccc2s1)OCC(=O)c1ccc2c(c1)OCCO2. The minimum Gasteiger partial charge on any atom is -0.486 e. The number of ether oxygens (including phenoxy) is 3. The van der Waals surface area contributed by atoms with E-state index in [1.54, 1.807) is 29.5 Å². The topological polar surface area (TPSA) is 74.7 Å². The van der Waals surface area contributed by atoms with E-state index in [2.05, 4.69) is 11.1 Å². The second kappa shape index (κ2) is 9.05. The summed E-state index contributed by atoms with van der Waals surface area (Å²) in [5, 5.41) is 1.08. The van der Waals surface area contributed by atoms with Crippen LogP contribution in [0.4, 0.5) is 0 Å². The van der Waals surface area contributed by atoms with E-state index in [0.29, 0.717) is 43.1 Å². The molecule has 0 unspecified atom stereocenters. The average Bonchev–Trinajstić information content (AvgIpc) is 3.17. The molecule has 0 bridgehead atoms. The summed E-state index contributed by atoms with van der Waals surface area (Å²) in [5.74, 6) is 0.547. The minimum absolute atomic E-state index is 0.259. The van der Waals surface area contributed by atoms with Crippen LogP contribution in [0, 0.1) is 0 Å². The normalized spacial score (nSPS) is 12.7. The molecule has 2 aromatic carbocycles. The first-order valence-electron chi connectivity index (χ1n) is 9.62. The van der Waals surface area contributed by atoms with Crippen molar-refractivity contribution in [1.82, 2.24) is 4.98 Å². The summed E-state index contributed by atoms with van der Waals surface area (Å²) < 4.78 is 17.2. The Morgan fingerprint density at radius 1 is 1.03 bits per heavy atom. The lowest BCUT2D eigenvalue weighted by molar-refractivity contribution is -0.142. The number of aromatic nitrogens is 1. The van der Waals surface area contributed by atoms with Gasteiger partial charge in [-0.25, -0.2) is 4.98 Å². The average molecular weight is 411 g/mol. The molecule has 0 spiro atoms. The standard InChI is InChI=1S/C22H21NO5S/c24-17(15-9-10-18-19(13-15)27-12-11-26-18)14-28-22(25)8-4-3-7-21-23-16-5-1-2-6-20(16)29-21/h1-2,5-6,9-10,13H,3-4,7-8,11-12,14H2. The molecule has 4 rings (SSSR count). The van der Waals surface area contributed by atoms with E-state index >= 15 is 0 Å². The number of nitrogens with zero attached hydrogens (tertiary/aromatic N) is 1. The Bertz CT molecular complexity index is 996. The zero-order chi connectivity index (χ0) is 20.1. The summed E-state index contributed by atoms with van der Waals surface area (Å²) in [7, 11) is 0. The van der Waals surface area contributed by atoms with Gasteiger partial charge in [-0.1, -0.05) is 12.1 Å². The van der Waals surface area contributed by atoms with E-state index in [4.69, 9.17) is 14.2 Å². The van der Waals surface area contributed by atoms with Gasteiger partial charge in [-0.3, -0.25) is 9.59 Å². The molecule has 1 aliphatic rings. The highest BCUT2D eigenvalue weighted by Gasteiger charge is 2.16. The number of para-hydroxylation sites is 1. The third-order valence-electron chi connectivity index (χ3n) is 4.59. The monoisotopic (exact) mass is 411 g/mol. The maximum absolute atomic E-state index is 12.3. The van der Waals surface area contributed by atoms with Crippen LogP contribution >= 0.6 is 11.3 Å². The van der Waals surface area contributed by atoms with Crippen LogP contribution in [-0.2, 0) is 16.0 Å². The van der Waals surface area contributed by atoms with Crippen molar-refractivity contribution in [2.75, 3.05) is 19.8 Å². The van der Waals surface area contributed by atoms with Gasteiger partial charge in [-0.15, -0.1) is 11.3 Å². The van der Waals surface area contributed by atoms with Crippen molar-refractivity contribution < 1.29 is 23.8 Å². The van der Waals surface area contributed by atoms with E-state index in [9.17, 15) is 9.59 Å². The Morgan fingerprint density at radius 3 is 2.72 bits per heavy atom.